The van der Waals surface area contributed by atoms with Crippen molar-refractivity contribution in [2.45, 2.75) is 6.42 Å². The lowest BCUT2D eigenvalue weighted by Gasteiger charge is -2.17. The summed E-state index contributed by atoms with van der Waals surface area (Å²) in [6.45, 7) is 0.0316. The highest BCUT2D eigenvalue weighted by atomic mass is 16.3. The summed E-state index contributed by atoms with van der Waals surface area (Å²) in [4.78, 5) is 0. The Morgan fingerprint density at radius 1 is 0.600 bits per heavy atom. The van der Waals surface area contributed by atoms with E-state index in [0.717, 1.165) is 27.8 Å². The average Bonchev–Trinajstić information content (AvgIpc) is 2.65. The lowest BCUT2D eigenvalue weighted by molar-refractivity contribution is 0.305. The van der Waals surface area contributed by atoms with Crippen molar-refractivity contribution in [1.29, 1.82) is 0 Å². The Morgan fingerprint density at radius 3 is 1.52 bits per heavy atom. The lowest BCUT2D eigenvalue weighted by Crippen LogP contribution is -1.97. The minimum Gasteiger partial charge on any atom is -0.508 e. The van der Waals surface area contributed by atoms with Gasteiger partial charge in [-0.25, -0.2) is 0 Å². The van der Waals surface area contributed by atoms with Crippen LogP contribution in [0.2, 0.25) is 0 Å². The topological polar surface area (TPSA) is 60.7 Å². The number of phenolic OH excluding ortho intramolecular Hbond substituents is 2. The van der Waals surface area contributed by atoms with Gasteiger partial charge in [0.05, 0.1) is 0 Å². The van der Waals surface area contributed by atoms with Gasteiger partial charge in [0.1, 0.15) is 11.5 Å². The fraction of sp³-hybridized carbons (Fsp3) is 0.0909. The van der Waals surface area contributed by atoms with E-state index in [1.54, 1.807) is 24.3 Å². The third-order valence-corrected chi connectivity index (χ3v) is 4.10. The Hall–Kier alpha value is -3.04. The van der Waals surface area contributed by atoms with Gasteiger partial charge in [-0.05, 0) is 58.5 Å². The van der Waals surface area contributed by atoms with Crippen LogP contribution in [0.25, 0.3) is 11.1 Å². The molecule has 0 bridgehead atoms. The molecule has 0 fully saturated rings. The quantitative estimate of drug-likeness (QED) is 0.605. The van der Waals surface area contributed by atoms with Crippen LogP contribution >= 0.6 is 0 Å². The number of aliphatic hydroxyl groups is 1. The number of benzene rings is 3. The van der Waals surface area contributed by atoms with Crippen LogP contribution in [0.5, 0.6) is 11.5 Å². The number of hydrogen-bond acceptors (Lipinski definition) is 3. The third-order valence-electron chi connectivity index (χ3n) is 4.10. The van der Waals surface area contributed by atoms with Crippen molar-refractivity contribution in [3.63, 3.8) is 0 Å². The van der Waals surface area contributed by atoms with Gasteiger partial charge in [-0.15, -0.1) is 0 Å². The summed E-state index contributed by atoms with van der Waals surface area (Å²) in [5.41, 5.74) is 4.90. The summed E-state index contributed by atoms with van der Waals surface area (Å²) in [6.07, 6.45) is 0.501. The van der Waals surface area contributed by atoms with E-state index in [1.165, 1.54) is 0 Å². The van der Waals surface area contributed by atoms with E-state index < -0.39 is 0 Å². The van der Waals surface area contributed by atoms with Crippen LogP contribution in [0.3, 0.4) is 0 Å². The zero-order chi connectivity index (χ0) is 17.6. The molecule has 0 saturated carbocycles. The molecule has 3 nitrogen and oxygen atoms in total. The number of hydrogen-bond donors (Lipinski definition) is 3. The predicted octanol–water partition coefficient (Wildman–Crippen LogP) is 4.44. The maximum Gasteiger partial charge on any atom is 0.115 e. The van der Waals surface area contributed by atoms with E-state index in [0.29, 0.717) is 6.42 Å². The predicted molar refractivity (Wildman–Crippen MR) is 100 cm³/mol. The fourth-order valence-corrected chi connectivity index (χ4v) is 2.94. The number of aromatic hydroxyl groups is 2. The Labute approximate surface area is 147 Å². The molecule has 0 aromatic heterocycles. The van der Waals surface area contributed by atoms with Gasteiger partial charge in [0.15, 0.2) is 0 Å². The van der Waals surface area contributed by atoms with Crippen LogP contribution in [-0.2, 0) is 0 Å². The highest BCUT2D eigenvalue weighted by Crippen LogP contribution is 2.35. The van der Waals surface area contributed by atoms with Gasteiger partial charge in [-0.1, -0.05) is 54.6 Å². The Bertz CT molecular complexity index is 801. The summed E-state index contributed by atoms with van der Waals surface area (Å²) < 4.78 is 0. The van der Waals surface area contributed by atoms with Gasteiger partial charge in [0.25, 0.3) is 0 Å². The summed E-state index contributed by atoms with van der Waals surface area (Å²) >= 11 is 0. The third kappa shape index (κ3) is 3.90. The van der Waals surface area contributed by atoms with Crippen LogP contribution in [-0.4, -0.2) is 21.9 Å². The second kappa shape index (κ2) is 7.69. The highest BCUT2D eigenvalue weighted by Gasteiger charge is 2.14. The van der Waals surface area contributed by atoms with E-state index in [1.807, 2.05) is 54.6 Å². The van der Waals surface area contributed by atoms with Crippen molar-refractivity contribution in [1.82, 2.24) is 0 Å². The summed E-state index contributed by atoms with van der Waals surface area (Å²) in [5, 5.41) is 28.8. The van der Waals surface area contributed by atoms with Crippen molar-refractivity contribution in [3.8, 4) is 11.5 Å². The monoisotopic (exact) mass is 332 g/mol. The number of rotatable bonds is 5. The molecule has 3 aromatic rings. The molecule has 0 spiro atoms. The Morgan fingerprint density at radius 2 is 1.08 bits per heavy atom. The molecule has 0 amide bonds. The van der Waals surface area contributed by atoms with Crippen molar-refractivity contribution < 1.29 is 15.3 Å². The molecular formula is C22H20O3. The maximum atomic E-state index is 9.62. The first-order chi connectivity index (χ1) is 12.2. The number of aliphatic hydroxyl groups excluding tert-OH is 1. The second-order valence-electron chi connectivity index (χ2n) is 5.79. The molecule has 3 N–H and O–H groups in total. The summed E-state index contributed by atoms with van der Waals surface area (Å²) in [5.74, 6) is 0.412. The molecule has 0 aliphatic rings. The van der Waals surface area contributed by atoms with E-state index in [4.69, 9.17) is 0 Å². The smallest absolute Gasteiger partial charge is 0.115 e. The molecule has 0 saturated heterocycles. The first kappa shape index (κ1) is 16.8. The molecule has 3 heteroatoms. The molecule has 0 aliphatic heterocycles. The molecule has 0 heterocycles. The van der Waals surface area contributed by atoms with Crippen LogP contribution in [0.1, 0.15) is 23.1 Å². The minimum atomic E-state index is 0.0316. The van der Waals surface area contributed by atoms with Gasteiger partial charge < -0.3 is 15.3 Å². The molecule has 126 valence electrons. The lowest BCUT2D eigenvalue weighted by atomic mass is 9.88. The maximum absolute atomic E-state index is 9.62. The van der Waals surface area contributed by atoms with E-state index in [-0.39, 0.29) is 18.1 Å². The van der Waals surface area contributed by atoms with Gasteiger partial charge in [0.2, 0.25) is 0 Å². The summed E-state index contributed by atoms with van der Waals surface area (Å²) in [7, 11) is 0. The Kier molecular flexibility index (Phi) is 5.17. The van der Waals surface area contributed by atoms with Crippen LogP contribution in [0.15, 0.2) is 78.9 Å². The zero-order valence-electron chi connectivity index (χ0n) is 13.8. The van der Waals surface area contributed by atoms with Gasteiger partial charge in [0, 0.05) is 6.61 Å². The fourth-order valence-electron chi connectivity index (χ4n) is 2.94. The Balaban J connectivity index is 2.26. The van der Waals surface area contributed by atoms with E-state index >= 15 is 0 Å². The molecule has 25 heavy (non-hydrogen) atoms. The van der Waals surface area contributed by atoms with Crippen LogP contribution in [0.4, 0.5) is 0 Å². The molecule has 3 rings (SSSR count). The molecule has 3 aromatic carbocycles. The zero-order valence-corrected chi connectivity index (χ0v) is 13.8. The van der Waals surface area contributed by atoms with Gasteiger partial charge >= 0.3 is 0 Å². The summed E-state index contributed by atoms with van der Waals surface area (Å²) in [6, 6.07) is 24.0. The molecule has 0 unspecified atom stereocenters. The van der Waals surface area contributed by atoms with Crippen LogP contribution < -0.4 is 0 Å². The standard InChI is InChI=1S/C22H20O3/c23-15-14-21(16-4-2-1-3-5-16)22(17-6-10-19(24)11-7-17)18-8-12-20(25)13-9-18/h1-13,23-25H,14-15H2. The van der Waals surface area contributed by atoms with Crippen LogP contribution in [0, 0.1) is 0 Å². The first-order valence-electron chi connectivity index (χ1n) is 8.17. The largest absolute Gasteiger partial charge is 0.508 e. The second-order valence-corrected chi connectivity index (χ2v) is 5.79. The van der Waals surface area contributed by atoms with E-state index in [2.05, 4.69) is 0 Å². The van der Waals surface area contributed by atoms with Crippen molar-refractivity contribution >= 4 is 11.1 Å². The van der Waals surface area contributed by atoms with Crippen molar-refractivity contribution in [3.05, 3.63) is 95.6 Å². The minimum absolute atomic E-state index is 0.0316. The molecule has 0 aliphatic carbocycles. The van der Waals surface area contributed by atoms with Crippen molar-refractivity contribution in [2.24, 2.45) is 0 Å². The highest BCUT2D eigenvalue weighted by molar-refractivity contribution is 5.98. The number of phenols is 2. The molecule has 0 radical (unpaired) electrons. The molecular weight excluding hydrogens is 312 g/mol. The molecule has 0 atom stereocenters. The van der Waals surface area contributed by atoms with E-state index in [9.17, 15) is 15.3 Å². The first-order valence-corrected chi connectivity index (χ1v) is 8.17. The van der Waals surface area contributed by atoms with Gasteiger partial charge in [-0.2, -0.15) is 0 Å². The average molecular weight is 332 g/mol. The SMILES string of the molecule is OCCC(=C(c1ccc(O)cc1)c1ccc(O)cc1)c1ccccc1. The van der Waals surface area contributed by atoms with Crippen molar-refractivity contribution in [2.75, 3.05) is 6.61 Å². The van der Waals surface area contributed by atoms with Gasteiger partial charge in [-0.3, -0.25) is 0 Å². The normalized spacial score (nSPS) is 10.4.